The molecule has 0 spiro atoms. The lowest BCUT2D eigenvalue weighted by atomic mass is 10.3. The van der Waals surface area contributed by atoms with Crippen molar-refractivity contribution in [1.82, 2.24) is 0 Å². The van der Waals surface area contributed by atoms with Crippen LogP contribution in [0.25, 0.3) is 0 Å². The van der Waals surface area contributed by atoms with E-state index in [4.69, 9.17) is 4.74 Å². The van der Waals surface area contributed by atoms with E-state index in [0.29, 0.717) is 10.2 Å². The van der Waals surface area contributed by atoms with Crippen molar-refractivity contribution in [1.29, 1.82) is 0 Å². The van der Waals surface area contributed by atoms with Crippen molar-refractivity contribution in [3.63, 3.8) is 0 Å². The number of hydrogen-bond acceptors (Lipinski definition) is 4. The lowest BCUT2D eigenvalue weighted by Gasteiger charge is -2.06. The standard InChI is InChI=1S/C8H9BrO4S/c1-12-8-4-3-6(5-7(8)9)13-14(2,10)11/h3-5H,1-2H3. The zero-order valence-electron chi connectivity index (χ0n) is 7.65. The van der Waals surface area contributed by atoms with Crippen LogP contribution in [0.15, 0.2) is 22.7 Å². The molecule has 78 valence electrons. The van der Waals surface area contributed by atoms with Crippen LogP contribution < -0.4 is 8.92 Å². The molecule has 1 aromatic rings. The Kier molecular flexibility index (Phi) is 3.38. The molecule has 0 unspecified atom stereocenters. The summed E-state index contributed by atoms with van der Waals surface area (Å²) in [7, 11) is -1.95. The number of halogens is 1. The summed E-state index contributed by atoms with van der Waals surface area (Å²) in [5.41, 5.74) is 0. The van der Waals surface area contributed by atoms with Gasteiger partial charge in [-0.25, -0.2) is 0 Å². The minimum atomic E-state index is -3.48. The highest BCUT2D eigenvalue weighted by molar-refractivity contribution is 9.10. The number of methoxy groups -OCH3 is 1. The van der Waals surface area contributed by atoms with Gasteiger partial charge in [0, 0.05) is 0 Å². The molecule has 14 heavy (non-hydrogen) atoms. The maximum absolute atomic E-state index is 10.8. The zero-order valence-corrected chi connectivity index (χ0v) is 10.1. The Morgan fingerprint density at radius 3 is 2.43 bits per heavy atom. The summed E-state index contributed by atoms with van der Waals surface area (Å²) in [5, 5.41) is 0. The highest BCUT2D eigenvalue weighted by Gasteiger charge is 2.07. The molecule has 0 saturated carbocycles. The van der Waals surface area contributed by atoms with Crippen LogP contribution in [0.1, 0.15) is 0 Å². The van der Waals surface area contributed by atoms with Crippen LogP contribution in [0.4, 0.5) is 0 Å². The average Bonchev–Trinajstić information content (AvgIpc) is 2.01. The van der Waals surface area contributed by atoms with Gasteiger partial charge in [0.05, 0.1) is 17.8 Å². The molecule has 0 amide bonds. The second-order valence-electron chi connectivity index (χ2n) is 2.58. The SMILES string of the molecule is COc1ccc(OS(C)(=O)=O)cc1Br. The molecule has 0 saturated heterocycles. The predicted molar refractivity (Wildman–Crippen MR) is 56.2 cm³/mol. The molecule has 1 rings (SSSR count). The van der Waals surface area contributed by atoms with Crippen LogP contribution >= 0.6 is 15.9 Å². The molecule has 0 N–H and O–H groups in total. The van der Waals surface area contributed by atoms with Crippen molar-refractivity contribution in [3.05, 3.63) is 22.7 Å². The Hall–Kier alpha value is -0.750. The minimum absolute atomic E-state index is 0.250. The molecule has 6 heteroatoms. The van der Waals surface area contributed by atoms with E-state index in [0.717, 1.165) is 6.26 Å². The van der Waals surface area contributed by atoms with E-state index in [1.54, 1.807) is 6.07 Å². The number of ether oxygens (including phenoxy) is 1. The summed E-state index contributed by atoms with van der Waals surface area (Å²) < 4.78 is 31.9. The maximum Gasteiger partial charge on any atom is 0.306 e. The van der Waals surface area contributed by atoms with E-state index in [2.05, 4.69) is 20.1 Å². The average molecular weight is 281 g/mol. The summed E-state index contributed by atoms with van der Waals surface area (Å²) >= 11 is 3.22. The Morgan fingerprint density at radius 1 is 1.36 bits per heavy atom. The van der Waals surface area contributed by atoms with E-state index >= 15 is 0 Å². The number of hydrogen-bond donors (Lipinski definition) is 0. The van der Waals surface area contributed by atoms with Crippen molar-refractivity contribution in [2.24, 2.45) is 0 Å². The molecule has 0 aliphatic rings. The van der Waals surface area contributed by atoms with Gasteiger partial charge < -0.3 is 8.92 Å². The Bertz CT molecular complexity index is 427. The molecule has 0 radical (unpaired) electrons. The molecule has 4 nitrogen and oxygen atoms in total. The fourth-order valence-corrected chi connectivity index (χ4v) is 1.85. The summed E-state index contributed by atoms with van der Waals surface area (Å²) in [6.45, 7) is 0. The molecule has 0 heterocycles. The summed E-state index contributed by atoms with van der Waals surface area (Å²) in [6.07, 6.45) is 0.991. The fourth-order valence-electron chi connectivity index (χ4n) is 0.874. The lowest BCUT2D eigenvalue weighted by Crippen LogP contribution is -2.05. The van der Waals surface area contributed by atoms with Gasteiger partial charge in [0.2, 0.25) is 0 Å². The first-order chi connectivity index (χ1) is 6.42. The van der Waals surface area contributed by atoms with Gasteiger partial charge in [-0.3, -0.25) is 0 Å². The van der Waals surface area contributed by atoms with E-state index in [1.807, 2.05) is 0 Å². The molecule has 0 bridgehead atoms. The number of rotatable bonds is 3. The molecular weight excluding hydrogens is 272 g/mol. The Morgan fingerprint density at radius 2 is 2.00 bits per heavy atom. The minimum Gasteiger partial charge on any atom is -0.496 e. The number of benzene rings is 1. The molecule has 0 aliphatic heterocycles. The zero-order chi connectivity index (χ0) is 10.8. The monoisotopic (exact) mass is 280 g/mol. The Labute approximate surface area is 91.1 Å². The first kappa shape index (κ1) is 11.3. The second kappa shape index (κ2) is 4.18. The fraction of sp³-hybridized carbons (Fsp3) is 0.250. The van der Waals surface area contributed by atoms with Gasteiger partial charge in [-0.05, 0) is 34.1 Å². The highest BCUT2D eigenvalue weighted by Crippen LogP contribution is 2.29. The predicted octanol–water partition coefficient (Wildman–Crippen LogP) is 1.80. The van der Waals surface area contributed by atoms with E-state index < -0.39 is 10.1 Å². The normalized spacial score (nSPS) is 11.1. The van der Waals surface area contributed by atoms with Gasteiger partial charge >= 0.3 is 10.1 Å². The first-order valence-corrected chi connectivity index (χ1v) is 6.26. The third kappa shape index (κ3) is 3.19. The Balaban J connectivity index is 2.98. The van der Waals surface area contributed by atoms with E-state index in [-0.39, 0.29) is 5.75 Å². The van der Waals surface area contributed by atoms with Gasteiger partial charge in [0.25, 0.3) is 0 Å². The van der Waals surface area contributed by atoms with Gasteiger partial charge in [0.1, 0.15) is 11.5 Å². The lowest BCUT2D eigenvalue weighted by molar-refractivity contribution is 0.411. The van der Waals surface area contributed by atoms with E-state index in [9.17, 15) is 8.42 Å². The largest absolute Gasteiger partial charge is 0.496 e. The van der Waals surface area contributed by atoms with Crippen LogP contribution in [0.3, 0.4) is 0 Å². The molecule has 0 atom stereocenters. The van der Waals surface area contributed by atoms with Crippen molar-refractivity contribution in [2.75, 3.05) is 13.4 Å². The van der Waals surface area contributed by atoms with Gasteiger partial charge in [-0.1, -0.05) is 0 Å². The summed E-state index contributed by atoms with van der Waals surface area (Å²) in [4.78, 5) is 0. The third-order valence-electron chi connectivity index (χ3n) is 1.37. The van der Waals surface area contributed by atoms with Crippen LogP contribution in [0.2, 0.25) is 0 Å². The van der Waals surface area contributed by atoms with Crippen LogP contribution in [0, 0.1) is 0 Å². The summed E-state index contributed by atoms with van der Waals surface area (Å²) in [6, 6.07) is 4.66. The van der Waals surface area contributed by atoms with Crippen LogP contribution in [-0.2, 0) is 10.1 Å². The van der Waals surface area contributed by atoms with Crippen molar-refractivity contribution >= 4 is 26.0 Å². The van der Waals surface area contributed by atoms with E-state index in [1.165, 1.54) is 19.2 Å². The molecule has 1 aromatic carbocycles. The van der Waals surface area contributed by atoms with Gasteiger partial charge in [0.15, 0.2) is 0 Å². The maximum atomic E-state index is 10.8. The van der Waals surface area contributed by atoms with Crippen LogP contribution in [-0.4, -0.2) is 21.8 Å². The second-order valence-corrected chi connectivity index (χ2v) is 5.01. The smallest absolute Gasteiger partial charge is 0.306 e. The highest BCUT2D eigenvalue weighted by atomic mass is 79.9. The van der Waals surface area contributed by atoms with Gasteiger partial charge in [-0.15, -0.1) is 0 Å². The third-order valence-corrected chi connectivity index (χ3v) is 2.49. The quantitative estimate of drug-likeness (QED) is 0.793. The van der Waals surface area contributed by atoms with Crippen molar-refractivity contribution in [2.45, 2.75) is 0 Å². The summed E-state index contributed by atoms with van der Waals surface area (Å²) in [5.74, 6) is 0.867. The first-order valence-electron chi connectivity index (χ1n) is 3.65. The van der Waals surface area contributed by atoms with Crippen LogP contribution in [0.5, 0.6) is 11.5 Å². The molecular formula is C8H9BrO4S. The molecule has 0 fully saturated rings. The van der Waals surface area contributed by atoms with Gasteiger partial charge in [-0.2, -0.15) is 8.42 Å². The topological polar surface area (TPSA) is 52.6 Å². The van der Waals surface area contributed by atoms with Crippen molar-refractivity contribution in [3.8, 4) is 11.5 Å². The molecule has 0 aliphatic carbocycles. The van der Waals surface area contributed by atoms with Crippen molar-refractivity contribution < 1.29 is 17.3 Å². The molecule has 0 aromatic heterocycles.